The van der Waals surface area contributed by atoms with E-state index in [0.717, 1.165) is 30.4 Å². The van der Waals surface area contributed by atoms with Crippen LogP contribution in [0, 0.1) is 5.92 Å². The summed E-state index contributed by atoms with van der Waals surface area (Å²) >= 11 is 0. The number of hydrogen-bond acceptors (Lipinski definition) is 6. The van der Waals surface area contributed by atoms with E-state index in [1.165, 1.54) is 0 Å². The van der Waals surface area contributed by atoms with Gasteiger partial charge >= 0.3 is 58.2 Å². The molecule has 1 rings (SSSR count). The van der Waals surface area contributed by atoms with E-state index in [2.05, 4.69) is 21.3 Å². The van der Waals surface area contributed by atoms with Crippen molar-refractivity contribution < 1.29 is 86.9 Å². The number of ether oxygens (including phenoxy) is 1. The van der Waals surface area contributed by atoms with Crippen molar-refractivity contribution in [2.24, 2.45) is 5.92 Å². The molecule has 0 radical (unpaired) electrons. The fourth-order valence-corrected chi connectivity index (χ4v) is 3.27. The van der Waals surface area contributed by atoms with Crippen LogP contribution in [0.1, 0.15) is 63.5 Å². The normalized spacial score (nSPS) is 11.0. The number of Topliss-reactive ketones (excluding diaryl/α,β-unsaturated/α-hetero) is 1. The standard InChI is InChI=1S/C27H42N4O6.Rb/c1-20(21(2)32)7-4-5-14-29-25(34)8-6-16-37-19-27(36)31-18-23-11-9-22(10-12-23)17-26(35)30-15-13-24(33)28-3;/h9-12,20H,4-8,13-19H2,1-3H3,(H4,28,29,30,31,33,34,35,36);/q;+1/p-1. The molecule has 0 aliphatic carbocycles. The van der Waals surface area contributed by atoms with E-state index >= 15 is 0 Å². The number of hydrogen-bond donors (Lipinski definition) is 3. The Labute approximate surface area is 275 Å². The van der Waals surface area contributed by atoms with Gasteiger partial charge in [-0.1, -0.05) is 43.2 Å². The zero-order valence-corrected chi connectivity index (χ0v) is 28.2. The van der Waals surface area contributed by atoms with Crippen molar-refractivity contribution in [1.82, 2.24) is 16.0 Å². The van der Waals surface area contributed by atoms with Gasteiger partial charge in [-0.3, -0.25) is 19.2 Å². The molecule has 1 aromatic carbocycles. The minimum absolute atomic E-state index is 0. The van der Waals surface area contributed by atoms with Crippen molar-refractivity contribution in [1.29, 1.82) is 0 Å². The summed E-state index contributed by atoms with van der Waals surface area (Å²) in [5, 5.41) is 12.0. The third kappa shape index (κ3) is 18.7. The van der Waals surface area contributed by atoms with Crippen LogP contribution in [0.15, 0.2) is 24.3 Å². The molecular weight excluding hydrogens is 562 g/mol. The van der Waals surface area contributed by atoms with Gasteiger partial charge < -0.3 is 30.8 Å². The minimum Gasteiger partial charge on any atom is -0.648 e. The molecule has 0 spiro atoms. The summed E-state index contributed by atoms with van der Waals surface area (Å²) in [5.41, 5.74) is 1.66. The summed E-state index contributed by atoms with van der Waals surface area (Å²) in [6.07, 6.45) is 3.86. The minimum atomic E-state index is -0.371. The first-order valence-corrected chi connectivity index (χ1v) is 12.8. The number of nitrogens with zero attached hydrogens (tertiary/aromatic N) is 1. The monoisotopic (exact) mass is 602 g/mol. The number of benzene rings is 1. The number of unbranched alkanes of at least 4 members (excludes halogenated alkanes) is 1. The Hall–Kier alpha value is -1.46. The Bertz CT molecular complexity index is 879. The molecule has 3 N–H and O–H groups in total. The van der Waals surface area contributed by atoms with Crippen molar-refractivity contribution in [3.05, 3.63) is 40.7 Å². The van der Waals surface area contributed by atoms with Gasteiger partial charge in [0.15, 0.2) is 0 Å². The topological polar surface area (TPSA) is 145 Å². The van der Waals surface area contributed by atoms with Gasteiger partial charge in [-0.15, -0.1) is 6.54 Å². The summed E-state index contributed by atoms with van der Waals surface area (Å²) in [6.45, 7) is 4.78. The van der Waals surface area contributed by atoms with E-state index in [9.17, 15) is 24.0 Å². The van der Waals surface area contributed by atoms with E-state index in [1.54, 1.807) is 14.0 Å². The first-order valence-electron chi connectivity index (χ1n) is 12.8. The molecule has 0 aliphatic heterocycles. The molecule has 0 saturated carbocycles. The molecule has 0 aliphatic rings. The average Bonchev–Trinajstić information content (AvgIpc) is 2.87. The number of carbonyl (C=O) groups is 5. The zero-order valence-electron chi connectivity index (χ0n) is 23.3. The zero-order chi connectivity index (χ0) is 27.5. The first kappa shape index (κ1) is 36.5. The van der Waals surface area contributed by atoms with Gasteiger partial charge in [0, 0.05) is 45.5 Å². The summed E-state index contributed by atoms with van der Waals surface area (Å²) in [4.78, 5) is 58.0. The van der Waals surface area contributed by atoms with E-state index in [1.807, 2.05) is 31.2 Å². The van der Waals surface area contributed by atoms with Crippen LogP contribution in [0.3, 0.4) is 0 Å². The predicted octanol–water partition coefficient (Wildman–Crippen LogP) is -0.806. The van der Waals surface area contributed by atoms with Crippen LogP contribution in [0.5, 0.6) is 0 Å². The van der Waals surface area contributed by atoms with Crippen LogP contribution in [0.4, 0.5) is 0 Å². The van der Waals surface area contributed by atoms with Gasteiger partial charge in [0.1, 0.15) is 5.78 Å². The molecule has 11 heteroatoms. The van der Waals surface area contributed by atoms with Crippen molar-refractivity contribution >= 4 is 29.4 Å². The van der Waals surface area contributed by atoms with Crippen LogP contribution in [0.25, 0.3) is 5.32 Å². The summed E-state index contributed by atoms with van der Waals surface area (Å²) < 4.78 is 5.32. The van der Waals surface area contributed by atoms with Gasteiger partial charge in [0.05, 0.1) is 18.9 Å². The van der Waals surface area contributed by atoms with Gasteiger partial charge in [0.2, 0.25) is 17.7 Å². The molecule has 1 unspecified atom stereocenters. The van der Waals surface area contributed by atoms with Crippen molar-refractivity contribution in [3.8, 4) is 0 Å². The van der Waals surface area contributed by atoms with E-state index in [0.29, 0.717) is 26.0 Å². The van der Waals surface area contributed by atoms with Gasteiger partial charge in [-0.2, -0.15) is 0 Å². The Morgan fingerprint density at radius 3 is 2.18 bits per heavy atom. The second kappa shape index (κ2) is 22.4. The number of nitrogens with one attached hydrogen (secondary N) is 3. The maximum absolute atomic E-state index is 11.9. The SMILES string of the molecule is CNC(=O)CCNC(=O)Cc1ccc(C[N-]C(=O)COCCCC(=O)NCCCCC(C)C(C)=O)cc1.[Rb+]. The number of rotatable bonds is 19. The van der Waals surface area contributed by atoms with Crippen molar-refractivity contribution in [3.63, 3.8) is 0 Å². The second-order valence-electron chi connectivity index (χ2n) is 8.99. The second-order valence-corrected chi connectivity index (χ2v) is 8.99. The molecule has 0 aromatic heterocycles. The fourth-order valence-electron chi connectivity index (χ4n) is 3.27. The van der Waals surface area contributed by atoms with Crippen LogP contribution >= 0.6 is 0 Å². The molecule has 0 fully saturated rings. The summed E-state index contributed by atoms with van der Waals surface area (Å²) in [6, 6.07) is 7.24. The molecule has 0 heterocycles. The number of amides is 4. The van der Waals surface area contributed by atoms with Gasteiger partial charge in [-0.25, -0.2) is 0 Å². The fraction of sp³-hybridized carbons (Fsp3) is 0.593. The van der Waals surface area contributed by atoms with Crippen LogP contribution in [-0.2, 0) is 41.7 Å². The van der Waals surface area contributed by atoms with Gasteiger partial charge in [-0.05, 0) is 31.7 Å². The quantitative estimate of drug-likeness (QED) is 0.177. The molecule has 4 amide bonds. The molecule has 10 nitrogen and oxygen atoms in total. The third-order valence-corrected chi connectivity index (χ3v) is 5.78. The molecule has 206 valence electrons. The molecule has 1 aromatic rings. The Morgan fingerprint density at radius 2 is 1.53 bits per heavy atom. The molecule has 0 bridgehead atoms. The van der Waals surface area contributed by atoms with Gasteiger partial charge in [0.25, 0.3) is 0 Å². The largest absolute Gasteiger partial charge is 1.00 e. The smallest absolute Gasteiger partial charge is 0.648 e. The van der Waals surface area contributed by atoms with Crippen molar-refractivity contribution in [2.45, 2.75) is 65.3 Å². The average molecular weight is 603 g/mol. The van der Waals surface area contributed by atoms with Crippen LogP contribution in [0.2, 0.25) is 0 Å². The number of ketones is 1. The molecule has 0 saturated heterocycles. The van der Waals surface area contributed by atoms with E-state index < -0.39 is 0 Å². The Kier molecular flexibility index (Phi) is 21.5. The summed E-state index contributed by atoms with van der Waals surface area (Å²) in [5.74, 6) is -0.451. The molecule has 38 heavy (non-hydrogen) atoms. The van der Waals surface area contributed by atoms with Crippen molar-refractivity contribution in [2.75, 3.05) is 33.4 Å². The van der Waals surface area contributed by atoms with Crippen LogP contribution in [-0.4, -0.2) is 62.8 Å². The predicted molar refractivity (Wildman–Crippen MR) is 141 cm³/mol. The first-order chi connectivity index (χ1) is 17.7. The Balaban J connectivity index is 0.0000137. The Morgan fingerprint density at radius 1 is 0.868 bits per heavy atom. The van der Waals surface area contributed by atoms with E-state index in [-0.39, 0.29) is 126 Å². The maximum atomic E-state index is 11.9. The molecular formula is C27H41N4O6Rb. The number of carbonyl (C=O) groups excluding carboxylic acids is 5. The maximum Gasteiger partial charge on any atom is 1.00 e. The van der Waals surface area contributed by atoms with E-state index in [4.69, 9.17) is 4.74 Å². The molecule has 1 atom stereocenters. The van der Waals surface area contributed by atoms with Crippen LogP contribution < -0.4 is 74.1 Å². The third-order valence-electron chi connectivity index (χ3n) is 5.78. The summed E-state index contributed by atoms with van der Waals surface area (Å²) in [7, 11) is 1.55.